The number of primary sulfonamides is 1. The number of benzene rings is 1. The number of hydrogen-bond acceptors (Lipinski definition) is 4. The minimum atomic E-state index is -3.82. The van der Waals surface area contributed by atoms with Gasteiger partial charge in [-0.3, -0.25) is 4.79 Å². The highest BCUT2D eigenvalue weighted by molar-refractivity contribution is 7.89. The molecule has 0 saturated carbocycles. The number of rotatable bonds is 2. The van der Waals surface area contributed by atoms with Gasteiger partial charge in [0.2, 0.25) is 10.0 Å². The van der Waals surface area contributed by atoms with Crippen LogP contribution in [0.15, 0.2) is 23.1 Å². The number of nitrogens with one attached hydrogen (secondary N) is 1. The minimum absolute atomic E-state index is 0.00424. The van der Waals surface area contributed by atoms with Crippen molar-refractivity contribution in [3.8, 4) is 0 Å². The van der Waals surface area contributed by atoms with E-state index >= 15 is 0 Å². The van der Waals surface area contributed by atoms with E-state index < -0.39 is 10.0 Å². The van der Waals surface area contributed by atoms with E-state index in [1.807, 2.05) is 13.8 Å². The third-order valence-corrected chi connectivity index (χ3v) is 4.64. The zero-order valence-corrected chi connectivity index (χ0v) is 13.3. The molecule has 3 N–H and O–H groups in total. The number of amides is 1. The van der Waals surface area contributed by atoms with E-state index in [1.54, 1.807) is 24.0 Å². The lowest BCUT2D eigenvalue weighted by Gasteiger charge is -2.36. The smallest absolute Gasteiger partial charge is 0.254 e. The summed E-state index contributed by atoms with van der Waals surface area (Å²) in [7, 11) is -3.82. The fourth-order valence-corrected chi connectivity index (χ4v) is 3.52. The van der Waals surface area contributed by atoms with Crippen molar-refractivity contribution in [2.45, 2.75) is 37.8 Å². The Morgan fingerprint density at radius 2 is 1.86 bits per heavy atom. The van der Waals surface area contributed by atoms with Gasteiger partial charge in [-0.1, -0.05) is 6.07 Å². The fourth-order valence-electron chi connectivity index (χ4n) is 2.71. The number of piperazine rings is 1. The maximum atomic E-state index is 12.5. The minimum Gasteiger partial charge on any atom is -0.336 e. The topological polar surface area (TPSA) is 92.5 Å². The van der Waals surface area contributed by atoms with Crippen molar-refractivity contribution in [2.24, 2.45) is 5.14 Å². The van der Waals surface area contributed by atoms with Crippen LogP contribution in [0.1, 0.15) is 29.8 Å². The number of nitrogens with zero attached hydrogens (tertiary/aromatic N) is 1. The van der Waals surface area contributed by atoms with Crippen LogP contribution >= 0.6 is 0 Å². The highest BCUT2D eigenvalue weighted by Gasteiger charge is 2.26. The van der Waals surface area contributed by atoms with Crippen LogP contribution in [0.3, 0.4) is 0 Å². The van der Waals surface area contributed by atoms with E-state index in [9.17, 15) is 13.2 Å². The Morgan fingerprint density at radius 3 is 2.38 bits per heavy atom. The molecule has 1 heterocycles. The van der Waals surface area contributed by atoms with Gasteiger partial charge in [0.1, 0.15) is 0 Å². The molecule has 1 amide bonds. The van der Waals surface area contributed by atoms with E-state index in [0.29, 0.717) is 24.2 Å². The molecule has 2 rings (SSSR count). The lowest BCUT2D eigenvalue weighted by Crippen LogP contribution is -2.55. The number of carbonyl (C=O) groups excluding carboxylic acids is 1. The van der Waals surface area contributed by atoms with Crippen LogP contribution in [0.4, 0.5) is 0 Å². The summed E-state index contributed by atoms with van der Waals surface area (Å²) in [4.78, 5) is 14.3. The molecular weight excluding hydrogens is 290 g/mol. The highest BCUT2D eigenvalue weighted by atomic mass is 32.2. The second-order valence-electron chi connectivity index (χ2n) is 5.70. The second kappa shape index (κ2) is 5.75. The van der Waals surface area contributed by atoms with Crippen molar-refractivity contribution in [1.82, 2.24) is 10.2 Å². The van der Waals surface area contributed by atoms with Crippen molar-refractivity contribution in [1.29, 1.82) is 0 Å². The van der Waals surface area contributed by atoms with Crippen LogP contribution in [0, 0.1) is 6.92 Å². The molecule has 7 heteroatoms. The summed E-state index contributed by atoms with van der Waals surface area (Å²) in [5.74, 6) is -0.167. The van der Waals surface area contributed by atoms with Gasteiger partial charge in [-0.05, 0) is 38.5 Å². The van der Waals surface area contributed by atoms with E-state index in [2.05, 4.69) is 5.32 Å². The zero-order chi connectivity index (χ0) is 15.8. The van der Waals surface area contributed by atoms with E-state index in [-0.39, 0.29) is 22.9 Å². The Hall–Kier alpha value is -1.44. The molecule has 1 aliphatic rings. The van der Waals surface area contributed by atoms with Crippen molar-refractivity contribution >= 4 is 15.9 Å². The van der Waals surface area contributed by atoms with Gasteiger partial charge in [0.15, 0.2) is 0 Å². The van der Waals surface area contributed by atoms with E-state index in [4.69, 9.17) is 5.14 Å². The first-order valence-corrected chi connectivity index (χ1v) is 8.42. The third-order valence-electron chi connectivity index (χ3n) is 3.59. The Labute approximate surface area is 125 Å². The van der Waals surface area contributed by atoms with Crippen LogP contribution in [-0.2, 0) is 10.0 Å². The van der Waals surface area contributed by atoms with Gasteiger partial charge < -0.3 is 10.2 Å². The monoisotopic (exact) mass is 311 g/mol. The lowest BCUT2D eigenvalue weighted by molar-refractivity contribution is 0.0673. The zero-order valence-electron chi connectivity index (χ0n) is 12.5. The van der Waals surface area contributed by atoms with Gasteiger partial charge in [0.25, 0.3) is 5.91 Å². The van der Waals surface area contributed by atoms with Crippen LogP contribution in [0.2, 0.25) is 0 Å². The van der Waals surface area contributed by atoms with Crippen molar-refractivity contribution in [3.05, 3.63) is 29.3 Å². The number of sulfonamides is 1. The Morgan fingerprint density at radius 1 is 1.29 bits per heavy atom. The molecule has 116 valence electrons. The number of hydrogen-bond donors (Lipinski definition) is 2. The van der Waals surface area contributed by atoms with Crippen LogP contribution < -0.4 is 10.5 Å². The molecule has 0 radical (unpaired) electrons. The molecule has 1 aromatic rings. The molecular formula is C14H21N3O3S. The predicted octanol–water partition coefficient (Wildman–Crippen LogP) is 0.465. The molecule has 21 heavy (non-hydrogen) atoms. The Balaban J connectivity index is 2.32. The van der Waals surface area contributed by atoms with Crippen molar-refractivity contribution in [3.63, 3.8) is 0 Å². The molecule has 0 aromatic heterocycles. The Kier molecular flexibility index (Phi) is 4.36. The summed E-state index contributed by atoms with van der Waals surface area (Å²) in [5.41, 5.74) is 0.891. The summed E-state index contributed by atoms with van der Waals surface area (Å²) < 4.78 is 23.1. The molecule has 0 bridgehead atoms. The molecule has 0 aliphatic carbocycles. The SMILES string of the molecule is Cc1ccc(C(=O)N2C[C@H](C)N[C@@H](C)C2)cc1S(N)(=O)=O. The van der Waals surface area contributed by atoms with E-state index in [1.165, 1.54) is 6.07 Å². The lowest BCUT2D eigenvalue weighted by atomic mass is 10.1. The normalized spacial score (nSPS) is 23.1. The molecule has 1 aromatic carbocycles. The summed E-state index contributed by atoms with van der Waals surface area (Å²) >= 11 is 0. The molecule has 0 spiro atoms. The Bertz CT molecular complexity index is 647. The molecule has 6 nitrogen and oxygen atoms in total. The van der Waals surface area contributed by atoms with Gasteiger partial charge in [0, 0.05) is 30.7 Å². The van der Waals surface area contributed by atoms with Gasteiger partial charge in [-0.2, -0.15) is 0 Å². The van der Waals surface area contributed by atoms with Crippen LogP contribution in [-0.4, -0.2) is 44.4 Å². The molecule has 1 aliphatic heterocycles. The van der Waals surface area contributed by atoms with Crippen LogP contribution in [0.25, 0.3) is 0 Å². The number of nitrogens with two attached hydrogens (primary N) is 1. The van der Waals surface area contributed by atoms with Crippen molar-refractivity contribution in [2.75, 3.05) is 13.1 Å². The first kappa shape index (κ1) is 15.9. The molecule has 1 saturated heterocycles. The summed E-state index contributed by atoms with van der Waals surface area (Å²) in [6.45, 7) is 6.88. The largest absolute Gasteiger partial charge is 0.336 e. The van der Waals surface area contributed by atoms with Gasteiger partial charge in [-0.15, -0.1) is 0 Å². The first-order valence-electron chi connectivity index (χ1n) is 6.87. The summed E-state index contributed by atoms with van der Waals surface area (Å²) in [6.07, 6.45) is 0. The fraction of sp³-hybridized carbons (Fsp3) is 0.500. The molecule has 1 fully saturated rings. The van der Waals surface area contributed by atoms with Gasteiger partial charge in [0.05, 0.1) is 4.90 Å². The average molecular weight is 311 g/mol. The average Bonchev–Trinajstić information content (AvgIpc) is 2.36. The highest BCUT2D eigenvalue weighted by Crippen LogP contribution is 2.18. The van der Waals surface area contributed by atoms with E-state index in [0.717, 1.165) is 0 Å². The maximum absolute atomic E-state index is 12.5. The summed E-state index contributed by atoms with van der Waals surface area (Å²) in [5, 5.41) is 8.54. The second-order valence-corrected chi connectivity index (χ2v) is 7.23. The number of carbonyl (C=O) groups is 1. The quantitative estimate of drug-likeness (QED) is 0.830. The maximum Gasteiger partial charge on any atom is 0.254 e. The van der Waals surface area contributed by atoms with Crippen LogP contribution in [0.5, 0.6) is 0 Å². The predicted molar refractivity (Wildman–Crippen MR) is 80.5 cm³/mol. The van der Waals surface area contributed by atoms with Gasteiger partial charge >= 0.3 is 0 Å². The third kappa shape index (κ3) is 3.61. The number of aryl methyl sites for hydroxylation is 1. The molecule has 2 atom stereocenters. The van der Waals surface area contributed by atoms with Crippen molar-refractivity contribution < 1.29 is 13.2 Å². The first-order chi connectivity index (χ1) is 9.68. The van der Waals surface area contributed by atoms with Gasteiger partial charge in [-0.25, -0.2) is 13.6 Å². The summed E-state index contributed by atoms with van der Waals surface area (Å²) in [6, 6.07) is 5.04. The molecule has 0 unspecified atom stereocenters. The standard InChI is InChI=1S/C14H21N3O3S/c1-9-4-5-12(6-13(9)21(15,19)20)14(18)17-7-10(2)16-11(3)8-17/h4-6,10-11,16H,7-8H2,1-3H3,(H2,15,19,20)/t10-,11-/m0/s1.